The summed E-state index contributed by atoms with van der Waals surface area (Å²) in [5.74, 6) is 0. The highest BCUT2D eigenvalue weighted by molar-refractivity contribution is 6.10. The minimum absolute atomic E-state index is 0.0207. The van der Waals surface area contributed by atoms with Crippen LogP contribution in [0.25, 0.3) is 39.5 Å². The number of nitrogens with zero attached hydrogens (tertiary/aromatic N) is 2. The molecule has 1 spiro atoms. The molecule has 1 aromatic heterocycles. The lowest BCUT2D eigenvalue weighted by Crippen LogP contribution is -2.42. The highest BCUT2D eigenvalue weighted by atomic mass is 16.1. The fourth-order valence-electron chi connectivity index (χ4n) is 8.13. The Balaban J connectivity index is 1.48. The maximum atomic E-state index is 14.4. The average molecular weight is 549 g/mol. The Morgan fingerprint density at radius 2 is 1.00 bits per heavy atom. The molecule has 0 amide bonds. The van der Waals surface area contributed by atoms with Gasteiger partial charge in [-0.1, -0.05) is 121 Å². The van der Waals surface area contributed by atoms with Gasteiger partial charge in [0.05, 0.1) is 33.7 Å². The number of aromatic nitrogens is 1. The lowest BCUT2D eigenvalue weighted by Gasteiger charge is -2.49. The van der Waals surface area contributed by atoms with Crippen LogP contribution in [0.5, 0.6) is 0 Å². The van der Waals surface area contributed by atoms with Crippen LogP contribution in [0.3, 0.4) is 0 Å². The number of hydrogen-bond donors (Lipinski definition) is 0. The second-order valence-electron chi connectivity index (χ2n) is 11.6. The van der Waals surface area contributed by atoms with Crippen LogP contribution in [-0.2, 0) is 5.41 Å². The van der Waals surface area contributed by atoms with Crippen LogP contribution >= 0.6 is 0 Å². The standard InChI is InChI=1S/C40H24N2O/c43-39-29-14-3-2-13-27(29)28-15-10-19-33-38(28)42(39)36-22-8-5-17-31(36)40(33)30-16-4-7-21-35(30)41-34-20-6-1-11-25(34)23-24-26-12-9-18-32(40)37(26)41/h1-24H. The molecule has 7 aromatic rings. The predicted molar refractivity (Wildman–Crippen MR) is 176 cm³/mol. The lowest BCUT2D eigenvalue weighted by atomic mass is 9.60. The first kappa shape index (κ1) is 23.0. The van der Waals surface area contributed by atoms with Crippen molar-refractivity contribution in [1.82, 2.24) is 4.57 Å². The molecule has 4 heterocycles. The van der Waals surface area contributed by atoms with Gasteiger partial charge in [0.2, 0.25) is 0 Å². The van der Waals surface area contributed by atoms with E-state index in [1.54, 1.807) is 0 Å². The van der Waals surface area contributed by atoms with Gasteiger partial charge < -0.3 is 4.90 Å². The number of anilines is 3. The van der Waals surface area contributed by atoms with Gasteiger partial charge >= 0.3 is 0 Å². The second-order valence-corrected chi connectivity index (χ2v) is 11.6. The molecule has 0 saturated carbocycles. The van der Waals surface area contributed by atoms with Gasteiger partial charge in [-0.3, -0.25) is 9.36 Å². The van der Waals surface area contributed by atoms with Gasteiger partial charge in [-0.25, -0.2) is 0 Å². The van der Waals surface area contributed by atoms with E-state index >= 15 is 0 Å². The van der Waals surface area contributed by atoms with Gasteiger partial charge in [-0.15, -0.1) is 0 Å². The topological polar surface area (TPSA) is 25.2 Å². The average Bonchev–Trinajstić information content (AvgIpc) is 3.24. The fraction of sp³-hybridized carbons (Fsp3) is 0.0250. The first-order valence-electron chi connectivity index (χ1n) is 14.8. The molecule has 43 heavy (non-hydrogen) atoms. The van der Waals surface area contributed by atoms with Crippen molar-refractivity contribution in [3.05, 3.63) is 177 Å². The molecule has 0 saturated heterocycles. The number of hydrogen-bond acceptors (Lipinski definition) is 2. The van der Waals surface area contributed by atoms with E-state index in [2.05, 4.69) is 132 Å². The van der Waals surface area contributed by atoms with Gasteiger partial charge in [-0.2, -0.15) is 0 Å². The molecule has 6 aromatic carbocycles. The van der Waals surface area contributed by atoms with Crippen molar-refractivity contribution in [3.8, 4) is 5.69 Å². The summed E-state index contributed by atoms with van der Waals surface area (Å²) in [6.07, 6.45) is 4.48. The molecule has 0 aliphatic carbocycles. The van der Waals surface area contributed by atoms with Crippen LogP contribution < -0.4 is 10.5 Å². The van der Waals surface area contributed by atoms with Gasteiger partial charge in [0.1, 0.15) is 0 Å². The van der Waals surface area contributed by atoms with E-state index in [9.17, 15) is 4.79 Å². The Morgan fingerprint density at radius 1 is 0.442 bits per heavy atom. The van der Waals surface area contributed by atoms with Crippen molar-refractivity contribution >= 4 is 50.9 Å². The molecule has 1 unspecified atom stereocenters. The van der Waals surface area contributed by atoms with Crippen LogP contribution in [0.1, 0.15) is 33.4 Å². The molecule has 3 nitrogen and oxygen atoms in total. The Labute approximate surface area is 248 Å². The number of para-hydroxylation sites is 5. The third-order valence-electron chi connectivity index (χ3n) is 9.73. The second kappa shape index (κ2) is 7.99. The van der Waals surface area contributed by atoms with Crippen molar-refractivity contribution < 1.29 is 0 Å². The van der Waals surface area contributed by atoms with Crippen molar-refractivity contribution in [2.45, 2.75) is 5.41 Å². The van der Waals surface area contributed by atoms with Crippen LogP contribution in [0.4, 0.5) is 17.1 Å². The number of benzene rings is 6. The molecule has 1 atom stereocenters. The zero-order valence-electron chi connectivity index (χ0n) is 23.2. The molecule has 3 aliphatic rings. The zero-order chi connectivity index (χ0) is 28.3. The maximum Gasteiger partial charge on any atom is 0.263 e. The minimum Gasteiger partial charge on any atom is -0.309 e. The molecule has 0 radical (unpaired) electrons. The minimum atomic E-state index is -0.642. The molecular formula is C40H24N2O. The van der Waals surface area contributed by atoms with E-state index in [1.807, 2.05) is 22.8 Å². The Morgan fingerprint density at radius 3 is 1.86 bits per heavy atom. The van der Waals surface area contributed by atoms with Crippen molar-refractivity contribution in [2.24, 2.45) is 0 Å². The van der Waals surface area contributed by atoms with Gasteiger partial charge in [-0.05, 0) is 63.0 Å². The van der Waals surface area contributed by atoms with E-state index in [-0.39, 0.29) is 5.56 Å². The van der Waals surface area contributed by atoms with E-state index in [4.69, 9.17) is 0 Å². The molecule has 0 fully saturated rings. The smallest absolute Gasteiger partial charge is 0.263 e. The molecule has 10 rings (SSSR count). The van der Waals surface area contributed by atoms with Crippen LogP contribution in [0.15, 0.2) is 138 Å². The first-order chi connectivity index (χ1) is 21.3. The van der Waals surface area contributed by atoms with Crippen molar-refractivity contribution in [1.29, 1.82) is 0 Å². The zero-order valence-corrected chi connectivity index (χ0v) is 23.2. The third kappa shape index (κ3) is 2.64. The van der Waals surface area contributed by atoms with E-state index in [1.165, 1.54) is 27.9 Å². The Bertz CT molecular complexity index is 2450. The molecular weight excluding hydrogens is 524 g/mol. The normalized spacial score (nSPS) is 16.9. The van der Waals surface area contributed by atoms with Crippen molar-refractivity contribution in [2.75, 3.05) is 4.90 Å². The quantitative estimate of drug-likeness (QED) is 0.177. The van der Waals surface area contributed by atoms with Gasteiger partial charge in [0.15, 0.2) is 0 Å². The highest BCUT2D eigenvalue weighted by Gasteiger charge is 2.51. The molecule has 200 valence electrons. The molecule has 0 N–H and O–H groups in total. The predicted octanol–water partition coefficient (Wildman–Crippen LogP) is 9.11. The third-order valence-corrected chi connectivity index (χ3v) is 9.73. The number of rotatable bonds is 0. The summed E-state index contributed by atoms with van der Waals surface area (Å²) in [5, 5.41) is 2.82. The Hall–Kier alpha value is -5.67. The summed E-state index contributed by atoms with van der Waals surface area (Å²) < 4.78 is 1.97. The van der Waals surface area contributed by atoms with Crippen LogP contribution in [0, 0.1) is 0 Å². The van der Waals surface area contributed by atoms with Crippen LogP contribution in [0.2, 0.25) is 0 Å². The molecule has 3 heteroatoms. The lowest BCUT2D eigenvalue weighted by molar-refractivity contribution is 0.709. The number of pyridine rings is 1. The first-order valence-corrected chi connectivity index (χ1v) is 14.8. The van der Waals surface area contributed by atoms with E-state index < -0.39 is 5.41 Å². The number of fused-ring (bicyclic) bond motifs is 12. The van der Waals surface area contributed by atoms with Crippen LogP contribution in [-0.4, -0.2) is 4.57 Å². The summed E-state index contributed by atoms with van der Waals surface area (Å²) in [5.41, 5.74) is 11.8. The largest absolute Gasteiger partial charge is 0.309 e. The van der Waals surface area contributed by atoms with Gasteiger partial charge in [0, 0.05) is 10.8 Å². The SMILES string of the molecule is O=c1c2ccccc2c2cccc3c2n1-c1ccccc1C31c2ccccc2N2c3ccccc3C=Cc3cccc1c32. The Kier molecular flexibility index (Phi) is 4.27. The summed E-state index contributed by atoms with van der Waals surface area (Å²) in [6, 6.07) is 47.3. The fourth-order valence-corrected chi connectivity index (χ4v) is 8.13. The van der Waals surface area contributed by atoms with E-state index in [0.717, 1.165) is 49.9 Å². The van der Waals surface area contributed by atoms with E-state index in [0.29, 0.717) is 0 Å². The summed E-state index contributed by atoms with van der Waals surface area (Å²) in [6.45, 7) is 0. The highest BCUT2D eigenvalue weighted by Crippen LogP contribution is 2.62. The monoisotopic (exact) mass is 548 g/mol. The summed E-state index contributed by atoms with van der Waals surface area (Å²) in [4.78, 5) is 16.8. The summed E-state index contributed by atoms with van der Waals surface area (Å²) >= 11 is 0. The van der Waals surface area contributed by atoms with Gasteiger partial charge in [0.25, 0.3) is 5.56 Å². The molecule has 3 aliphatic heterocycles. The molecule has 0 bridgehead atoms. The van der Waals surface area contributed by atoms with Crippen molar-refractivity contribution in [3.63, 3.8) is 0 Å². The maximum absolute atomic E-state index is 14.4. The summed E-state index contributed by atoms with van der Waals surface area (Å²) in [7, 11) is 0.